The van der Waals surface area contributed by atoms with Gasteiger partial charge in [0.25, 0.3) is 11.8 Å². The molecule has 0 radical (unpaired) electrons. The predicted molar refractivity (Wildman–Crippen MR) is 135 cm³/mol. The number of ether oxygens (including phenoxy) is 1. The van der Waals surface area contributed by atoms with Gasteiger partial charge in [-0.3, -0.25) is 19.3 Å². The van der Waals surface area contributed by atoms with Crippen molar-refractivity contribution in [1.29, 1.82) is 0 Å². The van der Waals surface area contributed by atoms with E-state index in [-0.39, 0.29) is 36.7 Å². The molecule has 2 atom stereocenters. The number of hydrogen-bond donors (Lipinski definition) is 2. The first-order chi connectivity index (χ1) is 17.5. The molecule has 36 heavy (non-hydrogen) atoms. The Labute approximate surface area is 208 Å². The lowest BCUT2D eigenvalue weighted by molar-refractivity contribution is -0.925. The SMILES string of the molecule is COc1ccc2c(C(=O)C[NH+]3CCc4ccccc4[C@H]3CN3C(=O)c4ccccc4C3=O)c[nH]c2c1. The zero-order valence-electron chi connectivity index (χ0n) is 19.9. The number of fused-ring (bicyclic) bond motifs is 3. The van der Waals surface area contributed by atoms with Crippen molar-refractivity contribution >= 4 is 28.5 Å². The normalized spacial score (nSPS) is 18.9. The summed E-state index contributed by atoms with van der Waals surface area (Å²) in [5, 5.41) is 0.856. The molecule has 0 saturated heterocycles. The number of carbonyl (C=O) groups excluding carboxylic acids is 3. The first-order valence-electron chi connectivity index (χ1n) is 12.1. The summed E-state index contributed by atoms with van der Waals surface area (Å²) in [5.74, 6) is 0.209. The zero-order valence-corrected chi connectivity index (χ0v) is 19.9. The number of nitrogens with zero attached hydrogens (tertiary/aromatic N) is 1. The van der Waals surface area contributed by atoms with Crippen LogP contribution in [0.3, 0.4) is 0 Å². The minimum absolute atomic E-state index is 0.0214. The fourth-order valence-corrected chi connectivity index (χ4v) is 5.58. The Balaban J connectivity index is 1.30. The van der Waals surface area contributed by atoms with Crippen molar-refractivity contribution in [2.45, 2.75) is 12.5 Å². The van der Waals surface area contributed by atoms with Gasteiger partial charge in [-0.25, -0.2) is 0 Å². The molecule has 3 aromatic carbocycles. The zero-order chi connectivity index (χ0) is 24.8. The standard InChI is InChI=1S/C29H25N3O4/c1-36-19-10-11-21-24(15-30-25(21)14-19)27(33)17-31-13-12-18-6-2-3-7-20(18)26(31)16-32-28(34)22-8-4-5-9-23(22)29(32)35/h2-11,14-15,26,30H,12-13,16-17H2,1H3/p+1/t26-/m1/s1. The van der Waals surface area contributed by atoms with E-state index in [2.05, 4.69) is 17.1 Å². The van der Waals surface area contributed by atoms with Crippen molar-refractivity contribution in [3.8, 4) is 5.75 Å². The molecule has 0 fully saturated rings. The number of aromatic nitrogens is 1. The second-order valence-electron chi connectivity index (χ2n) is 9.39. The van der Waals surface area contributed by atoms with Crippen LogP contribution in [-0.4, -0.2) is 54.2 Å². The molecule has 180 valence electrons. The number of aromatic amines is 1. The Kier molecular flexibility index (Phi) is 5.42. The predicted octanol–water partition coefficient (Wildman–Crippen LogP) is 2.84. The number of H-pyrrole nitrogens is 1. The molecule has 0 spiro atoms. The van der Waals surface area contributed by atoms with E-state index in [0.717, 1.165) is 40.1 Å². The van der Waals surface area contributed by atoms with E-state index in [9.17, 15) is 14.4 Å². The van der Waals surface area contributed by atoms with Crippen molar-refractivity contribution in [2.75, 3.05) is 26.7 Å². The molecule has 2 aliphatic heterocycles. The Morgan fingerprint density at radius 2 is 1.75 bits per heavy atom. The van der Waals surface area contributed by atoms with Gasteiger partial charge >= 0.3 is 0 Å². The number of methoxy groups -OCH3 is 1. The van der Waals surface area contributed by atoms with Crippen molar-refractivity contribution < 1.29 is 24.0 Å². The highest BCUT2D eigenvalue weighted by Gasteiger charge is 2.41. The van der Waals surface area contributed by atoms with E-state index in [1.54, 1.807) is 37.6 Å². The first-order valence-corrected chi connectivity index (χ1v) is 12.1. The lowest BCUT2D eigenvalue weighted by atomic mass is 9.91. The van der Waals surface area contributed by atoms with E-state index in [1.165, 1.54) is 10.5 Å². The Bertz CT molecular complexity index is 1490. The molecule has 3 heterocycles. The Hall–Kier alpha value is -4.23. The van der Waals surface area contributed by atoms with Crippen LogP contribution in [-0.2, 0) is 6.42 Å². The number of ketones is 1. The fourth-order valence-electron chi connectivity index (χ4n) is 5.58. The number of amides is 2. The lowest BCUT2D eigenvalue weighted by Gasteiger charge is -2.35. The highest BCUT2D eigenvalue weighted by molar-refractivity contribution is 6.21. The number of imide groups is 1. The molecule has 6 rings (SSSR count). The van der Waals surface area contributed by atoms with E-state index in [0.29, 0.717) is 16.7 Å². The van der Waals surface area contributed by atoms with Crippen molar-refractivity contribution in [1.82, 2.24) is 9.88 Å². The van der Waals surface area contributed by atoms with Gasteiger partial charge in [0.05, 0.1) is 31.3 Å². The molecule has 2 amide bonds. The molecule has 1 aromatic heterocycles. The second-order valence-corrected chi connectivity index (χ2v) is 9.39. The smallest absolute Gasteiger partial charge is 0.261 e. The summed E-state index contributed by atoms with van der Waals surface area (Å²) in [7, 11) is 1.61. The summed E-state index contributed by atoms with van der Waals surface area (Å²) in [5.41, 5.74) is 4.66. The molecule has 1 unspecified atom stereocenters. The van der Waals surface area contributed by atoms with E-state index in [1.807, 2.05) is 30.3 Å². The fraction of sp³-hybridized carbons (Fsp3) is 0.207. The van der Waals surface area contributed by atoms with Crippen LogP contribution >= 0.6 is 0 Å². The number of carbonyl (C=O) groups is 3. The van der Waals surface area contributed by atoms with Gasteiger partial charge in [-0.15, -0.1) is 0 Å². The van der Waals surface area contributed by atoms with Gasteiger partial charge in [-0.1, -0.05) is 36.4 Å². The number of Topliss-reactive ketones (excluding diaryl/α,β-unsaturated/α-hetero) is 1. The van der Waals surface area contributed by atoms with Gasteiger partial charge in [0.2, 0.25) is 5.78 Å². The van der Waals surface area contributed by atoms with Crippen molar-refractivity contribution in [3.05, 3.63) is 101 Å². The Morgan fingerprint density at radius 1 is 1.03 bits per heavy atom. The summed E-state index contributed by atoms with van der Waals surface area (Å²) >= 11 is 0. The minimum Gasteiger partial charge on any atom is -0.497 e. The minimum atomic E-state index is -0.269. The number of nitrogens with one attached hydrogen (secondary N) is 2. The van der Waals surface area contributed by atoms with E-state index in [4.69, 9.17) is 4.74 Å². The highest BCUT2D eigenvalue weighted by Crippen LogP contribution is 2.27. The summed E-state index contributed by atoms with van der Waals surface area (Å²) in [6, 6.07) is 20.5. The third kappa shape index (κ3) is 3.60. The van der Waals surface area contributed by atoms with Gasteiger partial charge in [0.15, 0.2) is 0 Å². The molecule has 0 aliphatic carbocycles. The summed E-state index contributed by atoms with van der Waals surface area (Å²) < 4.78 is 5.30. The van der Waals surface area contributed by atoms with Crippen LogP contribution < -0.4 is 9.64 Å². The summed E-state index contributed by atoms with van der Waals surface area (Å²) in [6.45, 7) is 1.24. The molecule has 0 bridgehead atoms. The van der Waals surface area contributed by atoms with Crippen LogP contribution in [0.2, 0.25) is 0 Å². The molecular weight excluding hydrogens is 454 g/mol. The maximum Gasteiger partial charge on any atom is 0.261 e. The first kappa shape index (κ1) is 22.2. The van der Waals surface area contributed by atoms with Gasteiger partial charge in [-0.2, -0.15) is 0 Å². The number of rotatable bonds is 6. The average Bonchev–Trinajstić information content (AvgIpc) is 3.44. The maximum atomic E-state index is 13.5. The second kappa shape index (κ2) is 8.77. The van der Waals surface area contributed by atoms with Crippen LogP contribution in [0.4, 0.5) is 0 Å². The monoisotopic (exact) mass is 480 g/mol. The highest BCUT2D eigenvalue weighted by atomic mass is 16.5. The molecule has 7 nitrogen and oxygen atoms in total. The third-order valence-corrected chi connectivity index (χ3v) is 7.46. The molecule has 2 aliphatic rings. The van der Waals surface area contributed by atoms with Crippen molar-refractivity contribution in [2.24, 2.45) is 0 Å². The van der Waals surface area contributed by atoms with Gasteiger partial charge in [0, 0.05) is 40.7 Å². The van der Waals surface area contributed by atoms with Crippen LogP contribution in [0, 0.1) is 0 Å². The topological polar surface area (TPSA) is 83.9 Å². The van der Waals surface area contributed by atoms with E-state index >= 15 is 0 Å². The molecule has 0 saturated carbocycles. The number of quaternary nitrogens is 1. The molecule has 7 heteroatoms. The van der Waals surface area contributed by atoms with Crippen LogP contribution in [0.15, 0.2) is 72.9 Å². The number of hydrogen-bond acceptors (Lipinski definition) is 4. The molecule has 4 aromatic rings. The van der Waals surface area contributed by atoms with E-state index < -0.39 is 0 Å². The summed E-state index contributed by atoms with van der Waals surface area (Å²) in [4.78, 5) is 45.3. The van der Waals surface area contributed by atoms with Crippen LogP contribution in [0.5, 0.6) is 5.75 Å². The Morgan fingerprint density at radius 3 is 2.50 bits per heavy atom. The third-order valence-electron chi connectivity index (χ3n) is 7.46. The summed E-state index contributed by atoms with van der Waals surface area (Å²) in [6.07, 6.45) is 2.59. The van der Waals surface area contributed by atoms with Gasteiger partial charge in [-0.05, 0) is 29.8 Å². The molecule has 2 N–H and O–H groups in total. The van der Waals surface area contributed by atoms with Crippen LogP contribution in [0.1, 0.15) is 48.2 Å². The van der Waals surface area contributed by atoms with Gasteiger partial charge < -0.3 is 14.6 Å². The lowest BCUT2D eigenvalue weighted by Crippen LogP contribution is -3.14. The quantitative estimate of drug-likeness (QED) is 0.328. The van der Waals surface area contributed by atoms with Crippen molar-refractivity contribution in [3.63, 3.8) is 0 Å². The van der Waals surface area contributed by atoms with Crippen LogP contribution in [0.25, 0.3) is 10.9 Å². The largest absolute Gasteiger partial charge is 0.497 e. The van der Waals surface area contributed by atoms with Gasteiger partial charge in [0.1, 0.15) is 18.3 Å². The molecular formula is C29H26N3O4+. The maximum absolute atomic E-state index is 13.5. The number of benzene rings is 3. The average molecular weight is 481 g/mol.